The van der Waals surface area contributed by atoms with Gasteiger partial charge in [-0.2, -0.15) is 13.2 Å². The summed E-state index contributed by atoms with van der Waals surface area (Å²) < 4.78 is 62.3. The van der Waals surface area contributed by atoms with Crippen LogP contribution in [0.2, 0.25) is 0 Å². The molecule has 2 N–H and O–H groups in total. The summed E-state index contributed by atoms with van der Waals surface area (Å²) in [6.45, 7) is -2.31. The van der Waals surface area contributed by atoms with Crippen LogP contribution in [0.5, 0.6) is 0 Å². The first kappa shape index (κ1) is 21.3. The fraction of sp³-hybridized carbons (Fsp3) is 0.400. The molecular weight excluding hydrogens is 367 g/mol. The molecule has 1 aromatic rings. The van der Waals surface area contributed by atoms with E-state index in [1.165, 1.54) is 5.32 Å². The van der Waals surface area contributed by atoms with Crippen molar-refractivity contribution in [1.29, 1.82) is 0 Å². The average Bonchev–Trinajstić information content (AvgIpc) is 2.51. The van der Waals surface area contributed by atoms with E-state index < -0.39 is 55.0 Å². The zero-order valence-electron chi connectivity index (χ0n) is 13.3. The number of nitrogens with one attached hydrogen (secondary N) is 1. The van der Waals surface area contributed by atoms with Crippen molar-refractivity contribution in [3.05, 3.63) is 35.4 Å². The molecule has 0 aliphatic rings. The number of benzene rings is 1. The van der Waals surface area contributed by atoms with Gasteiger partial charge in [0, 0.05) is 13.1 Å². The monoisotopic (exact) mass is 382 g/mol. The fourth-order valence-electron chi connectivity index (χ4n) is 1.89. The van der Waals surface area contributed by atoms with Gasteiger partial charge in [0.15, 0.2) is 11.6 Å². The number of rotatable bonds is 8. The van der Waals surface area contributed by atoms with Crippen LogP contribution in [0.1, 0.15) is 18.4 Å². The molecule has 11 heteroatoms. The van der Waals surface area contributed by atoms with Gasteiger partial charge in [0.05, 0.1) is 6.42 Å². The van der Waals surface area contributed by atoms with Crippen LogP contribution in [0.3, 0.4) is 0 Å². The average molecular weight is 382 g/mol. The van der Waals surface area contributed by atoms with Gasteiger partial charge in [-0.3, -0.25) is 14.4 Å². The molecule has 0 bridgehead atoms. The van der Waals surface area contributed by atoms with Crippen LogP contribution < -0.4 is 5.32 Å². The van der Waals surface area contributed by atoms with Crippen molar-refractivity contribution in [3.63, 3.8) is 0 Å². The Hall–Kier alpha value is -2.72. The maximum absolute atomic E-state index is 13.2. The molecule has 0 spiro atoms. The minimum absolute atomic E-state index is 0.123. The van der Waals surface area contributed by atoms with E-state index in [0.29, 0.717) is 0 Å². The molecule has 0 unspecified atom stereocenters. The first-order valence-electron chi connectivity index (χ1n) is 7.25. The maximum atomic E-state index is 13.2. The summed E-state index contributed by atoms with van der Waals surface area (Å²) in [5.74, 6) is -5.71. The van der Waals surface area contributed by atoms with Gasteiger partial charge in [0.2, 0.25) is 11.8 Å². The molecule has 26 heavy (non-hydrogen) atoms. The zero-order chi connectivity index (χ0) is 19.9. The van der Waals surface area contributed by atoms with Gasteiger partial charge in [-0.25, -0.2) is 8.78 Å². The number of hydrogen-bond donors (Lipinski definition) is 2. The highest BCUT2D eigenvalue weighted by molar-refractivity contribution is 5.97. The Morgan fingerprint density at radius 3 is 2.31 bits per heavy atom. The Kier molecular flexibility index (Phi) is 7.47. The number of carboxylic acids is 1. The Balaban J connectivity index is 2.77. The molecule has 0 radical (unpaired) electrons. The van der Waals surface area contributed by atoms with Gasteiger partial charge in [-0.1, -0.05) is 6.07 Å². The summed E-state index contributed by atoms with van der Waals surface area (Å²) in [7, 11) is 0. The van der Waals surface area contributed by atoms with E-state index in [0.717, 1.165) is 23.1 Å². The second kappa shape index (κ2) is 9.11. The third kappa shape index (κ3) is 7.90. The van der Waals surface area contributed by atoms with Gasteiger partial charge in [-0.15, -0.1) is 0 Å². The lowest BCUT2D eigenvalue weighted by atomic mass is 10.2. The number of hydrogen-bond acceptors (Lipinski definition) is 3. The minimum Gasteiger partial charge on any atom is -0.481 e. The van der Waals surface area contributed by atoms with Gasteiger partial charge < -0.3 is 15.3 Å². The molecule has 0 fully saturated rings. The molecule has 2 amide bonds. The lowest BCUT2D eigenvalue weighted by molar-refractivity contribution is -0.144. The lowest BCUT2D eigenvalue weighted by Gasteiger charge is -2.22. The molecule has 1 rings (SSSR count). The number of aliphatic carboxylic acids is 1. The third-order valence-corrected chi connectivity index (χ3v) is 3.10. The molecule has 0 saturated carbocycles. The summed E-state index contributed by atoms with van der Waals surface area (Å²) in [4.78, 5) is 35.0. The number of carbonyl (C=O) groups is 3. The van der Waals surface area contributed by atoms with Gasteiger partial charge in [0.1, 0.15) is 13.0 Å². The summed E-state index contributed by atoms with van der Waals surface area (Å²) >= 11 is 0. The van der Waals surface area contributed by atoms with Crippen molar-refractivity contribution in [2.45, 2.75) is 25.6 Å². The fourth-order valence-corrected chi connectivity index (χ4v) is 1.89. The Morgan fingerprint density at radius 2 is 1.77 bits per heavy atom. The summed E-state index contributed by atoms with van der Waals surface area (Å²) in [6, 6.07) is 2.75. The Bertz CT molecular complexity index is 678. The molecule has 0 heterocycles. The lowest BCUT2D eigenvalue weighted by Crippen LogP contribution is -2.39. The van der Waals surface area contributed by atoms with E-state index >= 15 is 0 Å². The number of carbonyl (C=O) groups excluding carboxylic acids is 2. The first-order valence-corrected chi connectivity index (χ1v) is 7.25. The molecular formula is C15H15F5N2O4. The first-order chi connectivity index (χ1) is 12.0. The van der Waals surface area contributed by atoms with Crippen LogP contribution in [0.25, 0.3) is 0 Å². The SMILES string of the molecule is O=C(O)CCN(Cc1ccc(F)c(F)c1)C(=O)CC(=O)NCC(F)(F)F. The van der Waals surface area contributed by atoms with Crippen LogP contribution >= 0.6 is 0 Å². The van der Waals surface area contributed by atoms with Crippen LogP contribution in [-0.4, -0.2) is 47.1 Å². The molecule has 0 atom stereocenters. The smallest absolute Gasteiger partial charge is 0.405 e. The second-order valence-corrected chi connectivity index (χ2v) is 5.28. The normalized spacial score (nSPS) is 11.1. The minimum atomic E-state index is -4.65. The molecule has 6 nitrogen and oxygen atoms in total. The number of carboxylic acid groups (broad SMARTS) is 1. The summed E-state index contributed by atoms with van der Waals surface area (Å²) in [5, 5.41) is 10.2. The highest BCUT2D eigenvalue weighted by Crippen LogP contribution is 2.14. The van der Waals surface area contributed by atoms with Crippen molar-refractivity contribution >= 4 is 17.8 Å². The van der Waals surface area contributed by atoms with Crippen LogP contribution in [-0.2, 0) is 20.9 Å². The zero-order valence-corrected chi connectivity index (χ0v) is 13.3. The van der Waals surface area contributed by atoms with E-state index in [1.54, 1.807) is 0 Å². The molecule has 0 aliphatic carbocycles. The van der Waals surface area contributed by atoms with Crippen molar-refractivity contribution in [1.82, 2.24) is 10.2 Å². The highest BCUT2D eigenvalue weighted by atomic mass is 19.4. The summed E-state index contributed by atoms with van der Waals surface area (Å²) in [6.07, 6.45) is -6.09. The number of alkyl halides is 3. The Labute approximate surface area is 144 Å². The Morgan fingerprint density at radius 1 is 1.12 bits per heavy atom. The van der Waals surface area contributed by atoms with E-state index in [9.17, 15) is 36.3 Å². The topological polar surface area (TPSA) is 86.7 Å². The molecule has 0 saturated heterocycles. The molecule has 0 aromatic heterocycles. The maximum Gasteiger partial charge on any atom is 0.405 e. The van der Waals surface area contributed by atoms with Crippen molar-refractivity contribution in [2.24, 2.45) is 0 Å². The quantitative estimate of drug-likeness (QED) is 0.531. The summed E-state index contributed by atoms with van der Waals surface area (Å²) in [5.41, 5.74) is 0.123. The van der Waals surface area contributed by atoms with E-state index in [2.05, 4.69) is 0 Å². The second-order valence-electron chi connectivity index (χ2n) is 5.28. The standard InChI is InChI=1S/C15H15F5N2O4/c16-10-2-1-9(5-11(10)17)7-22(4-3-14(25)26)13(24)6-12(23)21-8-15(18,19)20/h1-2,5H,3-4,6-8H2,(H,21,23)(H,25,26). The van der Waals surface area contributed by atoms with Gasteiger partial charge in [-0.05, 0) is 17.7 Å². The molecule has 0 aliphatic heterocycles. The number of halogens is 5. The van der Waals surface area contributed by atoms with Gasteiger partial charge >= 0.3 is 12.1 Å². The van der Waals surface area contributed by atoms with E-state index in [1.807, 2.05) is 0 Å². The van der Waals surface area contributed by atoms with Crippen LogP contribution in [0.4, 0.5) is 22.0 Å². The predicted molar refractivity (Wildman–Crippen MR) is 77.7 cm³/mol. The van der Waals surface area contributed by atoms with Crippen molar-refractivity contribution in [3.8, 4) is 0 Å². The van der Waals surface area contributed by atoms with Crippen LogP contribution in [0.15, 0.2) is 18.2 Å². The molecule has 144 valence electrons. The largest absolute Gasteiger partial charge is 0.481 e. The molecule has 1 aromatic carbocycles. The van der Waals surface area contributed by atoms with Crippen molar-refractivity contribution < 1.29 is 41.4 Å². The van der Waals surface area contributed by atoms with E-state index in [-0.39, 0.29) is 18.7 Å². The third-order valence-electron chi connectivity index (χ3n) is 3.10. The van der Waals surface area contributed by atoms with Crippen molar-refractivity contribution in [2.75, 3.05) is 13.1 Å². The van der Waals surface area contributed by atoms with E-state index in [4.69, 9.17) is 5.11 Å². The van der Waals surface area contributed by atoms with Crippen LogP contribution in [0, 0.1) is 11.6 Å². The van der Waals surface area contributed by atoms with Gasteiger partial charge in [0.25, 0.3) is 0 Å². The predicted octanol–water partition coefficient (Wildman–Crippen LogP) is 1.84. The highest BCUT2D eigenvalue weighted by Gasteiger charge is 2.28. The number of amides is 2. The number of nitrogens with zero attached hydrogens (tertiary/aromatic N) is 1.